The van der Waals surface area contributed by atoms with Gasteiger partial charge in [0.2, 0.25) is 0 Å². The fourth-order valence-corrected chi connectivity index (χ4v) is 4.37. The van der Waals surface area contributed by atoms with Gasteiger partial charge in [-0.2, -0.15) is 0 Å². The number of ether oxygens (including phenoxy) is 3. The SMILES string of the molecule is COC(=O)CN1C(=S)N(c2ccc(OC)cc2)C(=O)/C1=C/c1ccc(OCc2ccc(C(=O)O)cc2)c(Cl)c1. The Bertz CT molecular complexity index is 1460. The molecule has 0 saturated carbocycles. The van der Waals surface area contributed by atoms with Crippen LogP contribution in [-0.4, -0.2) is 53.7 Å². The van der Waals surface area contributed by atoms with Crippen molar-refractivity contribution in [3.05, 3.63) is 94.1 Å². The van der Waals surface area contributed by atoms with Crippen molar-refractivity contribution >= 4 is 58.5 Å². The second-order valence-corrected chi connectivity index (χ2v) is 9.07. The van der Waals surface area contributed by atoms with Crippen LogP contribution in [0, 0.1) is 0 Å². The van der Waals surface area contributed by atoms with Crippen LogP contribution in [-0.2, 0) is 20.9 Å². The summed E-state index contributed by atoms with van der Waals surface area (Å²) in [7, 11) is 2.80. The van der Waals surface area contributed by atoms with Gasteiger partial charge in [0.15, 0.2) is 5.11 Å². The van der Waals surface area contributed by atoms with Gasteiger partial charge < -0.3 is 24.2 Å². The van der Waals surface area contributed by atoms with Crippen LogP contribution < -0.4 is 14.4 Å². The second-order valence-electron chi connectivity index (χ2n) is 8.29. The van der Waals surface area contributed by atoms with Crippen molar-refractivity contribution in [2.24, 2.45) is 0 Å². The summed E-state index contributed by atoms with van der Waals surface area (Å²) >= 11 is 12.0. The van der Waals surface area contributed by atoms with Crippen molar-refractivity contribution in [2.75, 3.05) is 25.7 Å². The predicted octanol–water partition coefficient (Wildman–Crippen LogP) is 4.77. The fourth-order valence-electron chi connectivity index (χ4n) is 3.77. The highest BCUT2D eigenvalue weighted by Crippen LogP contribution is 2.32. The minimum atomic E-state index is -1.01. The van der Waals surface area contributed by atoms with E-state index in [4.69, 9.17) is 43.1 Å². The number of carbonyl (C=O) groups excluding carboxylic acids is 2. The molecule has 0 aliphatic carbocycles. The summed E-state index contributed by atoms with van der Waals surface area (Å²) in [6.07, 6.45) is 1.58. The molecule has 1 aliphatic heterocycles. The number of aromatic carboxylic acids is 1. The Morgan fingerprint density at radius 2 is 1.72 bits per heavy atom. The molecule has 0 bridgehead atoms. The van der Waals surface area contributed by atoms with Crippen LogP contribution in [0.3, 0.4) is 0 Å². The number of halogens is 1. The first kappa shape index (κ1) is 27.6. The topological polar surface area (TPSA) is 106 Å². The Labute approximate surface area is 234 Å². The lowest BCUT2D eigenvalue weighted by molar-refractivity contribution is -0.140. The Balaban J connectivity index is 1.58. The van der Waals surface area contributed by atoms with Gasteiger partial charge in [0.05, 0.1) is 30.5 Å². The third-order valence-electron chi connectivity index (χ3n) is 5.84. The monoisotopic (exact) mass is 566 g/mol. The molecule has 11 heteroatoms. The van der Waals surface area contributed by atoms with E-state index in [1.54, 1.807) is 67.8 Å². The third kappa shape index (κ3) is 6.19. The summed E-state index contributed by atoms with van der Waals surface area (Å²) in [6, 6.07) is 18.1. The third-order valence-corrected chi connectivity index (χ3v) is 6.53. The molecule has 1 N–H and O–H groups in total. The molecule has 1 amide bonds. The molecule has 0 atom stereocenters. The highest BCUT2D eigenvalue weighted by Gasteiger charge is 2.40. The number of nitrogens with zero attached hydrogens (tertiary/aromatic N) is 2. The number of hydrogen-bond acceptors (Lipinski definition) is 7. The zero-order chi connectivity index (χ0) is 28.1. The second kappa shape index (κ2) is 12.0. The quantitative estimate of drug-likeness (QED) is 0.223. The number of methoxy groups -OCH3 is 2. The van der Waals surface area contributed by atoms with Gasteiger partial charge in [-0.25, -0.2) is 4.79 Å². The van der Waals surface area contributed by atoms with Gasteiger partial charge in [0.25, 0.3) is 5.91 Å². The summed E-state index contributed by atoms with van der Waals surface area (Å²) in [5, 5.41) is 9.45. The summed E-state index contributed by atoms with van der Waals surface area (Å²) in [6.45, 7) is -0.0777. The molecule has 0 spiro atoms. The maximum Gasteiger partial charge on any atom is 0.335 e. The molecule has 9 nitrogen and oxygen atoms in total. The van der Waals surface area contributed by atoms with Crippen molar-refractivity contribution in [3.8, 4) is 11.5 Å². The molecule has 39 heavy (non-hydrogen) atoms. The molecule has 1 fully saturated rings. The molecule has 200 valence electrons. The molecule has 0 radical (unpaired) electrons. The van der Waals surface area contributed by atoms with Crippen molar-refractivity contribution in [2.45, 2.75) is 6.61 Å². The zero-order valence-electron chi connectivity index (χ0n) is 20.9. The van der Waals surface area contributed by atoms with Gasteiger partial charge in [-0.15, -0.1) is 0 Å². The Hall–Kier alpha value is -4.41. The number of hydrogen-bond donors (Lipinski definition) is 1. The van der Waals surface area contributed by atoms with E-state index in [1.807, 2.05) is 0 Å². The van der Waals surface area contributed by atoms with Crippen LogP contribution >= 0.6 is 23.8 Å². The van der Waals surface area contributed by atoms with Crippen LogP contribution in [0.25, 0.3) is 6.08 Å². The van der Waals surface area contributed by atoms with Crippen molar-refractivity contribution in [1.82, 2.24) is 4.90 Å². The van der Waals surface area contributed by atoms with E-state index in [9.17, 15) is 14.4 Å². The Morgan fingerprint density at radius 3 is 2.31 bits per heavy atom. The van der Waals surface area contributed by atoms with Gasteiger partial charge in [0.1, 0.15) is 30.3 Å². The maximum absolute atomic E-state index is 13.5. The van der Waals surface area contributed by atoms with Crippen LogP contribution in [0.15, 0.2) is 72.4 Å². The number of carboxylic acids is 1. The van der Waals surface area contributed by atoms with Crippen LogP contribution in [0.4, 0.5) is 5.69 Å². The molecule has 3 aromatic carbocycles. The van der Waals surface area contributed by atoms with Gasteiger partial charge >= 0.3 is 11.9 Å². The van der Waals surface area contributed by atoms with Gasteiger partial charge in [-0.1, -0.05) is 29.8 Å². The minimum Gasteiger partial charge on any atom is -0.497 e. The highest BCUT2D eigenvalue weighted by atomic mass is 35.5. The Kier molecular flexibility index (Phi) is 8.48. The smallest absolute Gasteiger partial charge is 0.335 e. The summed E-state index contributed by atoms with van der Waals surface area (Å²) in [4.78, 5) is 39.4. The van der Waals surface area contributed by atoms with Gasteiger partial charge in [0, 0.05) is 0 Å². The molecular weight excluding hydrogens is 544 g/mol. The van der Waals surface area contributed by atoms with Crippen molar-refractivity contribution < 1.29 is 33.7 Å². The first-order valence-electron chi connectivity index (χ1n) is 11.5. The fraction of sp³-hybridized carbons (Fsp3) is 0.143. The summed E-state index contributed by atoms with van der Waals surface area (Å²) in [5.74, 6) is -0.969. The van der Waals surface area contributed by atoms with Gasteiger partial charge in [-0.3, -0.25) is 14.5 Å². The van der Waals surface area contributed by atoms with E-state index in [2.05, 4.69) is 0 Å². The van der Waals surface area contributed by atoms with E-state index < -0.39 is 17.8 Å². The normalized spacial score (nSPS) is 14.1. The minimum absolute atomic E-state index is 0.127. The lowest BCUT2D eigenvalue weighted by Gasteiger charge is -2.19. The number of benzene rings is 3. The molecule has 1 aliphatic rings. The average molecular weight is 567 g/mol. The number of amides is 1. The molecule has 4 rings (SSSR count). The lowest BCUT2D eigenvalue weighted by Crippen LogP contribution is -2.35. The first-order chi connectivity index (χ1) is 18.7. The van der Waals surface area contributed by atoms with Crippen LogP contribution in [0.2, 0.25) is 5.02 Å². The number of carboxylic acid groups (broad SMARTS) is 1. The van der Waals surface area contributed by atoms with E-state index in [0.717, 1.165) is 5.56 Å². The van der Waals surface area contributed by atoms with Gasteiger partial charge in [-0.05, 0) is 78.0 Å². The molecule has 0 aromatic heterocycles. The van der Waals surface area contributed by atoms with Crippen LogP contribution in [0.5, 0.6) is 11.5 Å². The summed E-state index contributed by atoms with van der Waals surface area (Å²) in [5.41, 5.74) is 2.22. The first-order valence-corrected chi connectivity index (χ1v) is 12.3. The number of esters is 1. The average Bonchev–Trinajstić information content (AvgIpc) is 3.16. The van der Waals surface area contributed by atoms with Crippen LogP contribution in [0.1, 0.15) is 21.5 Å². The highest BCUT2D eigenvalue weighted by molar-refractivity contribution is 7.80. The van der Waals surface area contributed by atoms with E-state index >= 15 is 0 Å². The zero-order valence-corrected chi connectivity index (χ0v) is 22.5. The molecule has 1 heterocycles. The summed E-state index contributed by atoms with van der Waals surface area (Å²) < 4.78 is 15.8. The largest absolute Gasteiger partial charge is 0.497 e. The molecule has 1 saturated heterocycles. The van der Waals surface area contributed by atoms with E-state index in [1.165, 1.54) is 29.0 Å². The van der Waals surface area contributed by atoms with Crippen molar-refractivity contribution in [3.63, 3.8) is 0 Å². The predicted molar refractivity (Wildman–Crippen MR) is 149 cm³/mol. The number of thiocarbonyl (C=S) groups is 1. The molecular formula is C28H23ClN2O7S. The number of anilines is 1. The number of carbonyl (C=O) groups is 3. The number of rotatable bonds is 9. The van der Waals surface area contributed by atoms with Crippen molar-refractivity contribution in [1.29, 1.82) is 0 Å². The van der Waals surface area contributed by atoms with E-state index in [0.29, 0.717) is 27.8 Å². The maximum atomic E-state index is 13.5. The lowest BCUT2D eigenvalue weighted by atomic mass is 10.1. The molecule has 3 aromatic rings. The Morgan fingerprint density at radius 1 is 1.03 bits per heavy atom. The molecule has 0 unspecified atom stereocenters. The standard InChI is InChI=1S/C28H23ClN2O7S/c1-36-21-10-8-20(9-11-21)31-26(33)23(30(28(31)39)15-25(32)37-2)14-18-5-12-24(22(29)13-18)38-16-17-3-6-19(7-4-17)27(34)35/h3-14H,15-16H2,1-2H3,(H,34,35)/b23-14-. The van der Waals surface area contributed by atoms with E-state index in [-0.39, 0.29) is 29.5 Å².